The van der Waals surface area contributed by atoms with Crippen LogP contribution in [0.15, 0.2) is 224 Å². The zero-order valence-corrected chi connectivity index (χ0v) is 35.1. The number of aromatic nitrogens is 5. The molecule has 0 saturated carbocycles. The van der Waals surface area contributed by atoms with E-state index in [1.807, 2.05) is 0 Å². The van der Waals surface area contributed by atoms with Crippen LogP contribution < -0.4 is 0 Å². The van der Waals surface area contributed by atoms with Crippen molar-refractivity contribution in [2.75, 3.05) is 0 Å². The van der Waals surface area contributed by atoms with Crippen molar-refractivity contribution in [3.05, 3.63) is 224 Å². The van der Waals surface area contributed by atoms with E-state index in [-0.39, 0.29) is 0 Å². The predicted molar refractivity (Wildman–Crippen MR) is 269 cm³/mol. The van der Waals surface area contributed by atoms with Crippen molar-refractivity contribution in [3.63, 3.8) is 0 Å². The quantitative estimate of drug-likeness (QED) is 0.157. The molecule has 0 radical (unpaired) electrons. The number of hydrogen-bond acceptors (Lipinski definition) is 4. The molecule has 65 heavy (non-hydrogen) atoms. The minimum absolute atomic E-state index is 0.622. The molecular weight excluding hydrogens is 791 g/mol. The van der Waals surface area contributed by atoms with Gasteiger partial charge in [-0.1, -0.05) is 176 Å². The molecule has 0 unspecified atom stereocenters. The van der Waals surface area contributed by atoms with Crippen molar-refractivity contribution in [2.45, 2.75) is 0 Å². The van der Waals surface area contributed by atoms with Gasteiger partial charge in [-0.2, -0.15) is 0 Å². The van der Waals surface area contributed by atoms with Crippen LogP contribution in [0.25, 0.3) is 127 Å². The van der Waals surface area contributed by atoms with Gasteiger partial charge >= 0.3 is 0 Å². The normalized spacial score (nSPS) is 11.7. The molecule has 0 bridgehead atoms. The Balaban J connectivity index is 0.976. The Morgan fingerprint density at radius 3 is 1.49 bits per heavy atom. The number of fused-ring (bicyclic) bond motifs is 9. The summed E-state index contributed by atoms with van der Waals surface area (Å²) in [4.78, 5) is 20.7. The Morgan fingerprint density at radius 2 is 0.815 bits per heavy atom. The largest absolute Gasteiger partial charge is 0.309 e. The molecular formula is C60H37N5. The van der Waals surface area contributed by atoms with Crippen molar-refractivity contribution in [3.8, 4) is 62.2 Å². The number of rotatable bonds is 6. The van der Waals surface area contributed by atoms with Crippen LogP contribution in [-0.2, 0) is 0 Å². The molecule has 5 nitrogen and oxygen atoms in total. The molecule has 0 spiro atoms. The van der Waals surface area contributed by atoms with Crippen LogP contribution in [0.1, 0.15) is 0 Å². The Hall–Kier alpha value is -8.80. The van der Waals surface area contributed by atoms with E-state index in [9.17, 15) is 0 Å². The van der Waals surface area contributed by atoms with Crippen LogP contribution in [-0.4, -0.2) is 24.5 Å². The van der Waals surface area contributed by atoms with Gasteiger partial charge in [-0.05, 0) is 81.2 Å². The van der Waals surface area contributed by atoms with Gasteiger partial charge in [0.25, 0.3) is 0 Å². The molecule has 3 heterocycles. The number of nitrogens with zero attached hydrogens (tertiary/aromatic N) is 5. The topological polar surface area (TPSA) is 56.5 Å². The molecule has 0 aliphatic rings. The lowest BCUT2D eigenvalue weighted by molar-refractivity contribution is 1.08. The van der Waals surface area contributed by atoms with E-state index < -0.39 is 0 Å². The minimum atomic E-state index is 0.622. The fourth-order valence-corrected chi connectivity index (χ4v) is 9.63. The monoisotopic (exact) mass is 827 g/mol. The van der Waals surface area contributed by atoms with Crippen LogP contribution in [0.5, 0.6) is 0 Å². The maximum Gasteiger partial charge on any atom is 0.164 e. The summed E-state index contributed by atoms with van der Waals surface area (Å²) < 4.78 is 2.39. The smallest absolute Gasteiger partial charge is 0.164 e. The summed E-state index contributed by atoms with van der Waals surface area (Å²) >= 11 is 0. The first-order valence-corrected chi connectivity index (χ1v) is 22.0. The van der Waals surface area contributed by atoms with E-state index in [0.29, 0.717) is 17.5 Å². The summed E-state index contributed by atoms with van der Waals surface area (Å²) in [5.74, 6) is 1.89. The summed E-state index contributed by atoms with van der Waals surface area (Å²) in [5, 5.41) is 10.5. The van der Waals surface area contributed by atoms with Crippen LogP contribution in [0.4, 0.5) is 0 Å². The average molecular weight is 828 g/mol. The Morgan fingerprint density at radius 1 is 0.277 bits per heavy atom. The fraction of sp³-hybridized carbons (Fsp3) is 0. The first-order chi connectivity index (χ1) is 32.2. The summed E-state index contributed by atoms with van der Waals surface area (Å²) in [5.41, 5.74) is 11.5. The second-order valence-corrected chi connectivity index (χ2v) is 16.6. The standard InChI is InChI=1S/C60H37N5/c1-3-15-41(16-4-1)57-50-32-34-54-56(49-21-11-12-22-53(49)65(54)48-19-5-2-6-20-48)55(50)51-37-45(31-33-52(51)61-57)40-23-27-42(28-24-40)58-62-59(46-29-25-38-13-7-9-17-43(38)35-46)64-60(63-58)47-30-26-39-14-8-10-18-44(39)36-47/h1-37H. The number of pyridine rings is 1. The number of para-hydroxylation sites is 2. The van der Waals surface area contributed by atoms with E-state index in [1.54, 1.807) is 0 Å². The van der Waals surface area contributed by atoms with Gasteiger partial charge < -0.3 is 4.57 Å². The lowest BCUT2D eigenvalue weighted by Crippen LogP contribution is -2.00. The minimum Gasteiger partial charge on any atom is -0.309 e. The van der Waals surface area contributed by atoms with E-state index in [4.69, 9.17) is 19.9 Å². The third kappa shape index (κ3) is 6.24. The Labute approximate surface area is 374 Å². The molecule has 13 aromatic rings. The second kappa shape index (κ2) is 14.9. The first kappa shape index (κ1) is 36.8. The molecule has 302 valence electrons. The van der Waals surface area contributed by atoms with Crippen molar-refractivity contribution in [1.29, 1.82) is 0 Å². The lowest BCUT2D eigenvalue weighted by Gasteiger charge is -2.14. The molecule has 0 aliphatic carbocycles. The molecule has 10 aromatic carbocycles. The van der Waals surface area contributed by atoms with Gasteiger partial charge in [-0.15, -0.1) is 0 Å². The van der Waals surface area contributed by atoms with Gasteiger partial charge in [0.1, 0.15) is 0 Å². The fourth-order valence-electron chi connectivity index (χ4n) is 9.63. The van der Waals surface area contributed by atoms with Crippen molar-refractivity contribution >= 4 is 65.0 Å². The molecule has 0 atom stereocenters. The third-order valence-electron chi connectivity index (χ3n) is 12.8. The van der Waals surface area contributed by atoms with Gasteiger partial charge in [0, 0.05) is 54.9 Å². The highest BCUT2D eigenvalue weighted by atomic mass is 15.0. The molecule has 0 amide bonds. The molecule has 0 aliphatic heterocycles. The maximum absolute atomic E-state index is 5.38. The van der Waals surface area contributed by atoms with Crippen molar-refractivity contribution < 1.29 is 0 Å². The van der Waals surface area contributed by atoms with Gasteiger partial charge in [0.2, 0.25) is 0 Å². The van der Waals surface area contributed by atoms with E-state index in [2.05, 4.69) is 229 Å². The zero-order valence-electron chi connectivity index (χ0n) is 35.1. The van der Waals surface area contributed by atoms with Gasteiger partial charge in [-0.3, -0.25) is 0 Å². The van der Waals surface area contributed by atoms with Crippen LogP contribution in [0, 0.1) is 0 Å². The van der Waals surface area contributed by atoms with Gasteiger partial charge in [0.15, 0.2) is 17.5 Å². The number of hydrogen-bond donors (Lipinski definition) is 0. The summed E-state index contributed by atoms with van der Waals surface area (Å²) in [7, 11) is 0. The molecule has 0 N–H and O–H groups in total. The van der Waals surface area contributed by atoms with Crippen LogP contribution >= 0.6 is 0 Å². The summed E-state index contributed by atoms with van der Waals surface area (Å²) in [6, 6.07) is 79.4. The highest BCUT2D eigenvalue weighted by molar-refractivity contribution is 6.29. The molecule has 0 fully saturated rings. The van der Waals surface area contributed by atoms with Crippen LogP contribution in [0.2, 0.25) is 0 Å². The third-order valence-corrected chi connectivity index (χ3v) is 12.8. The predicted octanol–water partition coefficient (Wildman–Crippen LogP) is 15.3. The van der Waals surface area contributed by atoms with E-state index in [0.717, 1.165) is 77.3 Å². The zero-order chi connectivity index (χ0) is 42.8. The number of benzene rings is 10. The second-order valence-electron chi connectivity index (χ2n) is 16.6. The molecule has 3 aromatic heterocycles. The molecule has 0 saturated heterocycles. The highest BCUT2D eigenvalue weighted by Crippen LogP contribution is 2.43. The summed E-state index contributed by atoms with van der Waals surface area (Å²) in [6.07, 6.45) is 0. The molecule has 13 rings (SSSR count). The van der Waals surface area contributed by atoms with Crippen molar-refractivity contribution in [1.82, 2.24) is 24.5 Å². The maximum atomic E-state index is 5.38. The molecule has 5 heteroatoms. The van der Waals surface area contributed by atoms with Gasteiger partial charge in [0.05, 0.1) is 22.2 Å². The Kier molecular flexibility index (Phi) is 8.46. The summed E-state index contributed by atoms with van der Waals surface area (Å²) in [6.45, 7) is 0. The van der Waals surface area contributed by atoms with Gasteiger partial charge in [-0.25, -0.2) is 19.9 Å². The average Bonchev–Trinajstić information content (AvgIpc) is 3.73. The first-order valence-electron chi connectivity index (χ1n) is 22.0. The van der Waals surface area contributed by atoms with Crippen molar-refractivity contribution in [2.24, 2.45) is 0 Å². The van der Waals surface area contributed by atoms with E-state index in [1.165, 1.54) is 32.4 Å². The lowest BCUT2D eigenvalue weighted by atomic mass is 9.94. The Bertz CT molecular complexity index is 3890. The van der Waals surface area contributed by atoms with Crippen LogP contribution in [0.3, 0.4) is 0 Å². The highest BCUT2D eigenvalue weighted by Gasteiger charge is 2.20. The SMILES string of the molecule is c1ccc(-c2nc3ccc(-c4ccc(-c5nc(-c6ccc7ccccc7c6)nc(-c6ccc7ccccc7c6)n5)cc4)cc3c3c2ccc2c3c3ccccc3n2-c2ccccc2)cc1. The van der Waals surface area contributed by atoms with E-state index >= 15 is 0 Å².